The van der Waals surface area contributed by atoms with E-state index >= 15 is 0 Å². The van der Waals surface area contributed by atoms with Crippen LogP contribution in [0, 0.1) is 51.8 Å². The predicted molar refractivity (Wildman–Crippen MR) is 156 cm³/mol. The summed E-state index contributed by atoms with van der Waals surface area (Å²) in [6.45, 7) is 18.0. The molecule has 0 aromatic heterocycles. The lowest BCUT2D eigenvalue weighted by Crippen LogP contribution is -2.66. The second-order valence-electron chi connectivity index (χ2n) is 14.6. The molecule has 3 N–H and O–H groups in total. The highest BCUT2D eigenvalue weighted by atomic mass is 16.5. The third-order valence-electron chi connectivity index (χ3n) is 12.7. The topological polar surface area (TPSA) is 121 Å². The molecule has 3 fully saturated rings. The second kappa shape index (κ2) is 11.3. The van der Waals surface area contributed by atoms with Crippen LogP contribution in [-0.2, 0) is 19.1 Å². The van der Waals surface area contributed by atoms with Gasteiger partial charge in [0.1, 0.15) is 19.3 Å². The Morgan fingerprint density at radius 1 is 1.00 bits per heavy atom. The van der Waals surface area contributed by atoms with Gasteiger partial charge in [-0.05, 0) is 88.9 Å². The van der Waals surface area contributed by atoms with Crippen LogP contribution >= 0.6 is 0 Å². The molecule has 0 heterocycles. The van der Waals surface area contributed by atoms with Crippen LogP contribution in [0.1, 0.15) is 87.0 Å². The quantitative estimate of drug-likeness (QED) is 0.180. The number of carboxylic acid groups (broad SMARTS) is 2. The fourth-order valence-corrected chi connectivity index (χ4v) is 10.4. The van der Waals surface area contributed by atoms with Crippen LogP contribution in [0.4, 0.5) is 0 Å². The molecule has 8 heteroatoms. The Morgan fingerprint density at radius 2 is 1.63 bits per heavy atom. The molecule has 5 aliphatic rings. The number of allylic oxidation sites excluding steroid dienone is 2. The molecule has 0 amide bonds. The summed E-state index contributed by atoms with van der Waals surface area (Å²) in [5.74, 6) is -4.32. The lowest BCUT2D eigenvalue weighted by atomic mass is 9.34. The number of carbonyl (C=O) groups excluding carboxylic acids is 1. The lowest BCUT2D eigenvalue weighted by molar-refractivity contribution is -0.926. The number of aliphatic hydroxyl groups excluding tert-OH is 1. The Balaban J connectivity index is 1.62. The minimum Gasteiger partial charge on any atom is -0.481 e. The number of quaternary nitrogens is 1. The van der Waals surface area contributed by atoms with Gasteiger partial charge in [-0.15, -0.1) is 0 Å². The molecule has 5 aliphatic carbocycles. The van der Waals surface area contributed by atoms with E-state index in [2.05, 4.69) is 47.6 Å². The first-order valence-corrected chi connectivity index (χ1v) is 16.0. The van der Waals surface area contributed by atoms with Crippen molar-refractivity contribution in [1.29, 1.82) is 0 Å². The Labute approximate surface area is 246 Å². The molecule has 0 aliphatic heterocycles. The van der Waals surface area contributed by atoms with Gasteiger partial charge >= 0.3 is 17.9 Å². The van der Waals surface area contributed by atoms with Gasteiger partial charge in [-0.1, -0.05) is 38.8 Å². The van der Waals surface area contributed by atoms with Gasteiger partial charge in [-0.25, -0.2) is 0 Å². The molecule has 9 atom stereocenters. The highest BCUT2D eigenvalue weighted by molar-refractivity contribution is 5.83. The van der Waals surface area contributed by atoms with Gasteiger partial charge in [0.15, 0.2) is 0 Å². The number of carbonyl (C=O) groups is 3. The molecule has 41 heavy (non-hydrogen) atoms. The van der Waals surface area contributed by atoms with E-state index in [1.165, 1.54) is 0 Å². The normalized spacial score (nSPS) is 39.0. The van der Waals surface area contributed by atoms with E-state index in [-0.39, 0.29) is 41.7 Å². The summed E-state index contributed by atoms with van der Waals surface area (Å²) in [5, 5.41) is 31.6. The number of nitrogens with zero attached hydrogens (tertiary/aromatic N) is 1. The summed E-state index contributed by atoms with van der Waals surface area (Å²) in [5.41, 5.74) is -0.669. The van der Waals surface area contributed by atoms with E-state index in [9.17, 15) is 29.7 Å². The molecule has 5 rings (SSSR count). The van der Waals surface area contributed by atoms with E-state index in [4.69, 9.17) is 4.74 Å². The third-order valence-corrected chi connectivity index (χ3v) is 12.7. The number of esters is 1. The van der Waals surface area contributed by atoms with E-state index < -0.39 is 40.7 Å². The van der Waals surface area contributed by atoms with E-state index in [1.807, 2.05) is 6.92 Å². The van der Waals surface area contributed by atoms with E-state index in [0.29, 0.717) is 32.2 Å². The smallest absolute Gasteiger partial charge is 0.312 e. The monoisotopic (exact) mass is 576 g/mol. The first-order valence-electron chi connectivity index (χ1n) is 16.0. The van der Waals surface area contributed by atoms with Crippen molar-refractivity contribution >= 4 is 17.9 Å². The molecule has 8 nitrogen and oxygen atoms in total. The number of hydrogen-bond acceptors (Lipinski definition) is 5. The third kappa shape index (κ3) is 4.95. The van der Waals surface area contributed by atoms with E-state index in [1.54, 1.807) is 0 Å². The Bertz CT molecular complexity index is 1060. The number of hydrogen-bond donors (Lipinski definition) is 3. The molecule has 0 aromatic carbocycles. The first kappa shape index (κ1) is 32.0. The molecule has 1 spiro atoms. The highest BCUT2D eigenvalue weighted by Crippen LogP contribution is 2.73. The largest absolute Gasteiger partial charge is 0.481 e. The summed E-state index contributed by atoms with van der Waals surface area (Å²) < 4.78 is 6.66. The van der Waals surface area contributed by atoms with Gasteiger partial charge in [0, 0.05) is 5.41 Å². The van der Waals surface area contributed by atoms with Crippen LogP contribution in [0.2, 0.25) is 0 Å². The van der Waals surface area contributed by atoms with Gasteiger partial charge in [-0.2, -0.15) is 0 Å². The number of aliphatic carboxylic acids is 2. The van der Waals surface area contributed by atoms with Crippen LogP contribution in [0.25, 0.3) is 0 Å². The molecule has 0 radical (unpaired) electrons. The Hall–Kier alpha value is -1.93. The van der Waals surface area contributed by atoms with Crippen LogP contribution in [0.3, 0.4) is 0 Å². The maximum absolute atomic E-state index is 13.8. The SMILES string of the molecule is CC[N+](CC)(CC)CC(O)COC(=O)C1(C)CCCC2(C)C1CCC13C=C(C(C)C)C(CC21)C(C(=O)O)C3C(=O)O. The van der Waals surface area contributed by atoms with Crippen molar-refractivity contribution < 1.29 is 38.9 Å². The van der Waals surface area contributed by atoms with Gasteiger partial charge in [0.05, 0.1) is 36.9 Å². The van der Waals surface area contributed by atoms with Crippen molar-refractivity contribution in [3.05, 3.63) is 11.6 Å². The zero-order valence-electron chi connectivity index (χ0n) is 26.3. The van der Waals surface area contributed by atoms with Gasteiger partial charge in [-0.3, -0.25) is 14.4 Å². The fourth-order valence-electron chi connectivity index (χ4n) is 10.4. The molecule has 3 saturated carbocycles. The Morgan fingerprint density at radius 3 is 2.17 bits per heavy atom. The molecule has 0 aromatic rings. The van der Waals surface area contributed by atoms with Crippen LogP contribution < -0.4 is 0 Å². The molecule has 2 bridgehead atoms. The van der Waals surface area contributed by atoms with Crippen molar-refractivity contribution in [2.75, 3.05) is 32.8 Å². The molecular weight excluding hydrogens is 522 g/mol. The maximum atomic E-state index is 13.8. The maximum Gasteiger partial charge on any atom is 0.312 e. The van der Waals surface area contributed by atoms with Crippen LogP contribution in [-0.4, -0.2) is 76.6 Å². The van der Waals surface area contributed by atoms with Crippen LogP contribution in [0.5, 0.6) is 0 Å². The lowest BCUT2D eigenvalue weighted by Gasteiger charge is -2.68. The first-order chi connectivity index (χ1) is 19.2. The highest BCUT2D eigenvalue weighted by Gasteiger charge is 2.71. The number of aliphatic hydroxyl groups is 1. The Kier molecular flexibility index (Phi) is 8.81. The molecular formula is C33H54NO7+. The molecule has 9 unspecified atom stereocenters. The second-order valence-corrected chi connectivity index (χ2v) is 14.6. The van der Waals surface area contributed by atoms with Gasteiger partial charge in [0.25, 0.3) is 0 Å². The summed E-state index contributed by atoms with van der Waals surface area (Å²) in [6, 6.07) is 0. The number of ether oxygens (including phenoxy) is 1. The average Bonchev–Trinajstić information content (AvgIpc) is 2.93. The fraction of sp³-hybridized carbons (Fsp3) is 0.848. The summed E-state index contributed by atoms with van der Waals surface area (Å²) >= 11 is 0. The van der Waals surface area contributed by atoms with Crippen molar-refractivity contribution in [1.82, 2.24) is 0 Å². The number of likely N-dealkylation sites (N-methyl/N-ethyl adjacent to an activating group) is 1. The zero-order chi connectivity index (χ0) is 30.5. The van der Waals surface area contributed by atoms with Crippen molar-refractivity contribution in [3.63, 3.8) is 0 Å². The van der Waals surface area contributed by atoms with E-state index in [0.717, 1.165) is 42.5 Å². The summed E-state index contributed by atoms with van der Waals surface area (Å²) in [4.78, 5) is 39.2. The summed E-state index contributed by atoms with van der Waals surface area (Å²) in [6.07, 6.45) is 5.77. The van der Waals surface area contributed by atoms with Crippen molar-refractivity contribution in [2.24, 2.45) is 51.8 Å². The minimum atomic E-state index is -1.01. The van der Waals surface area contributed by atoms with Crippen LogP contribution in [0.15, 0.2) is 11.6 Å². The standard InChI is InChI=1S/C33H53NO7/c1-8-34(9-2,10-3)18-21(35)19-41-30(40)32(7)14-11-13-31(6)24(32)12-15-33-17-23(20(4)5)22(16-25(31)33)26(28(36)37)27(33)29(38)39/h17,20-22,24-27,35H,8-16,18-19H2,1-7H3,(H-,36,37,38,39)/p+1. The number of rotatable bonds is 11. The molecule has 232 valence electrons. The van der Waals surface area contributed by atoms with Crippen molar-refractivity contribution in [2.45, 2.75) is 93.1 Å². The number of fused-ring (bicyclic) bond motifs is 2. The minimum absolute atomic E-state index is 0.00690. The zero-order valence-corrected chi connectivity index (χ0v) is 26.3. The summed E-state index contributed by atoms with van der Waals surface area (Å²) in [7, 11) is 0. The number of carboxylic acids is 2. The average molecular weight is 577 g/mol. The van der Waals surface area contributed by atoms with Gasteiger partial charge in [0.2, 0.25) is 0 Å². The molecule has 0 saturated heterocycles. The van der Waals surface area contributed by atoms with Crippen molar-refractivity contribution in [3.8, 4) is 0 Å². The predicted octanol–water partition coefficient (Wildman–Crippen LogP) is 4.99. The van der Waals surface area contributed by atoms with Gasteiger partial charge < -0.3 is 24.5 Å².